The number of thiazole rings is 1. The fourth-order valence-electron chi connectivity index (χ4n) is 3.31. The summed E-state index contributed by atoms with van der Waals surface area (Å²) in [5, 5.41) is 1.06. The van der Waals surface area contributed by atoms with Crippen molar-refractivity contribution in [1.82, 2.24) is 9.97 Å². The Kier molecular flexibility index (Phi) is 7.11. The van der Waals surface area contributed by atoms with Gasteiger partial charge < -0.3 is 9.47 Å². The summed E-state index contributed by atoms with van der Waals surface area (Å²) in [6.45, 7) is 4.39. The Labute approximate surface area is 201 Å². The molecule has 8 heteroatoms. The SMILES string of the molecule is COc1ccc(Cl)c2sc(N(Cc3ccccn3)C(=O)COc3ccc(C(C)C)cc3)nc12. The highest BCUT2D eigenvalue weighted by Gasteiger charge is 2.23. The van der Waals surface area contributed by atoms with Crippen molar-refractivity contribution in [2.75, 3.05) is 18.6 Å². The van der Waals surface area contributed by atoms with E-state index in [2.05, 4.69) is 23.8 Å². The zero-order valence-electron chi connectivity index (χ0n) is 18.6. The maximum absolute atomic E-state index is 13.3. The van der Waals surface area contributed by atoms with Crippen LogP contribution in [-0.4, -0.2) is 29.6 Å². The molecule has 0 aliphatic carbocycles. The van der Waals surface area contributed by atoms with E-state index in [1.54, 1.807) is 30.3 Å². The van der Waals surface area contributed by atoms with Crippen LogP contribution in [0.4, 0.5) is 5.13 Å². The normalized spacial score (nSPS) is 11.1. The van der Waals surface area contributed by atoms with Crippen molar-refractivity contribution < 1.29 is 14.3 Å². The Bertz CT molecular complexity index is 1240. The van der Waals surface area contributed by atoms with Crippen LogP contribution in [0.5, 0.6) is 11.5 Å². The Morgan fingerprint density at radius 2 is 1.91 bits per heavy atom. The fraction of sp³-hybridized carbons (Fsp3) is 0.240. The number of rotatable bonds is 8. The van der Waals surface area contributed by atoms with Gasteiger partial charge in [0.25, 0.3) is 5.91 Å². The number of amides is 1. The molecule has 0 N–H and O–H groups in total. The molecule has 0 fully saturated rings. The smallest absolute Gasteiger partial charge is 0.267 e. The van der Waals surface area contributed by atoms with E-state index in [0.717, 1.165) is 10.4 Å². The highest BCUT2D eigenvalue weighted by atomic mass is 35.5. The number of halogens is 1. The molecular formula is C25H24ClN3O3S. The molecule has 0 aliphatic heterocycles. The molecule has 0 radical (unpaired) electrons. The van der Waals surface area contributed by atoms with Gasteiger partial charge in [0.15, 0.2) is 11.7 Å². The maximum atomic E-state index is 13.3. The van der Waals surface area contributed by atoms with Crippen LogP contribution >= 0.6 is 22.9 Å². The van der Waals surface area contributed by atoms with Gasteiger partial charge in [0.2, 0.25) is 0 Å². The van der Waals surface area contributed by atoms with Gasteiger partial charge in [-0.2, -0.15) is 0 Å². The van der Waals surface area contributed by atoms with Gasteiger partial charge in [0.05, 0.1) is 29.1 Å². The third-order valence-corrected chi connectivity index (χ3v) is 6.69. The molecule has 0 bridgehead atoms. The van der Waals surface area contributed by atoms with Crippen molar-refractivity contribution in [2.24, 2.45) is 0 Å². The molecule has 2 heterocycles. The number of ether oxygens (including phenoxy) is 2. The van der Waals surface area contributed by atoms with E-state index in [1.165, 1.54) is 16.9 Å². The molecule has 6 nitrogen and oxygen atoms in total. The van der Waals surface area contributed by atoms with Crippen molar-refractivity contribution in [2.45, 2.75) is 26.3 Å². The fourth-order valence-corrected chi connectivity index (χ4v) is 4.58. The van der Waals surface area contributed by atoms with Crippen LogP contribution < -0.4 is 14.4 Å². The molecule has 2 aromatic heterocycles. The van der Waals surface area contributed by atoms with Crippen LogP contribution in [0.3, 0.4) is 0 Å². The van der Waals surface area contributed by atoms with Crippen LogP contribution in [0.2, 0.25) is 5.02 Å². The third-order valence-electron chi connectivity index (χ3n) is 5.15. The number of anilines is 1. The second-order valence-electron chi connectivity index (χ2n) is 7.74. The van der Waals surface area contributed by atoms with Crippen molar-refractivity contribution in [3.8, 4) is 11.5 Å². The highest BCUT2D eigenvalue weighted by molar-refractivity contribution is 7.23. The summed E-state index contributed by atoms with van der Waals surface area (Å²) in [4.78, 5) is 23.9. The number of pyridine rings is 1. The van der Waals surface area contributed by atoms with Crippen molar-refractivity contribution in [1.29, 1.82) is 0 Å². The van der Waals surface area contributed by atoms with Crippen molar-refractivity contribution in [3.05, 3.63) is 77.1 Å². The number of nitrogens with zero attached hydrogens (tertiary/aromatic N) is 3. The number of carbonyl (C=O) groups excluding carboxylic acids is 1. The van der Waals surface area contributed by atoms with Crippen LogP contribution in [0.15, 0.2) is 60.8 Å². The zero-order chi connectivity index (χ0) is 23.4. The largest absolute Gasteiger partial charge is 0.494 e. The maximum Gasteiger partial charge on any atom is 0.267 e. The van der Waals surface area contributed by atoms with Crippen molar-refractivity contribution >= 4 is 44.2 Å². The summed E-state index contributed by atoms with van der Waals surface area (Å²) >= 11 is 7.73. The molecule has 33 heavy (non-hydrogen) atoms. The lowest BCUT2D eigenvalue weighted by atomic mass is 10.0. The van der Waals surface area contributed by atoms with Gasteiger partial charge in [-0.3, -0.25) is 14.7 Å². The van der Waals surface area contributed by atoms with Crippen molar-refractivity contribution in [3.63, 3.8) is 0 Å². The first-order valence-electron chi connectivity index (χ1n) is 10.5. The average molecular weight is 482 g/mol. The minimum Gasteiger partial charge on any atom is -0.494 e. The lowest BCUT2D eigenvalue weighted by Crippen LogP contribution is -2.34. The van der Waals surface area contributed by atoms with Crippen LogP contribution in [0, 0.1) is 0 Å². The first-order chi connectivity index (χ1) is 16.0. The molecule has 2 aromatic carbocycles. The Morgan fingerprint density at radius 3 is 2.58 bits per heavy atom. The number of hydrogen-bond donors (Lipinski definition) is 0. The van der Waals surface area contributed by atoms with E-state index in [4.69, 9.17) is 21.1 Å². The van der Waals surface area contributed by atoms with E-state index >= 15 is 0 Å². The molecule has 0 aliphatic rings. The van der Waals surface area contributed by atoms with Gasteiger partial charge >= 0.3 is 0 Å². The monoisotopic (exact) mass is 481 g/mol. The molecule has 0 atom stereocenters. The first kappa shape index (κ1) is 23.0. The summed E-state index contributed by atoms with van der Waals surface area (Å²) in [7, 11) is 1.58. The van der Waals surface area contributed by atoms with E-state index in [9.17, 15) is 4.79 Å². The Balaban J connectivity index is 1.61. The summed E-state index contributed by atoms with van der Waals surface area (Å²) in [5.74, 6) is 1.43. The summed E-state index contributed by atoms with van der Waals surface area (Å²) in [6, 6.07) is 16.9. The highest BCUT2D eigenvalue weighted by Crippen LogP contribution is 2.39. The number of aromatic nitrogens is 2. The minimum atomic E-state index is -0.234. The molecule has 170 valence electrons. The zero-order valence-corrected chi connectivity index (χ0v) is 20.2. The molecule has 1 amide bonds. The molecule has 4 rings (SSSR count). The quantitative estimate of drug-likeness (QED) is 0.304. The molecule has 0 saturated carbocycles. The van der Waals surface area contributed by atoms with Gasteiger partial charge in [-0.05, 0) is 47.9 Å². The second-order valence-corrected chi connectivity index (χ2v) is 9.12. The topological polar surface area (TPSA) is 64.5 Å². The van der Waals surface area contributed by atoms with Gasteiger partial charge in [0.1, 0.15) is 17.0 Å². The summed E-state index contributed by atoms with van der Waals surface area (Å²) in [5.41, 5.74) is 2.57. The lowest BCUT2D eigenvalue weighted by molar-refractivity contribution is -0.120. The van der Waals surface area contributed by atoms with Gasteiger partial charge in [0, 0.05) is 6.20 Å². The predicted octanol–water partition coefficient (Wildman–Crippen LogP) is 6.09. The average Bonchev–Trinajstić information content (AvgIpc) is 3.28. The number of carbonyl (C=O) groups is 1. The second kappa shape index (κ2) is 10.2. The molecule has 0 spiro atoms. The van der Waals surface area contributed by atoms with Crippen LogP contribution in [0.1, 0.15) is 31.0 Å². The first-order valence-corrected chi connectivity index (χ1v) is 11.7. The Hall–Kier alpha value is -3.16. The predicted molar refractivity (Wildman–Crippen MR) is 133 cm³/mol. The Morgan fingerprint density at radius 1 is 1.12 bits per heavy atom. The molecule has 0 unspecified atom stereocenters. The standard InChI is InChI=1S/C25H24ClN3O3S/c1-16(2)17-7-9-19(10-8-17)32-15-22(30)29(14-18-6-4-5-13-27-18)25-28-23-21(31-3)12-11-20(26)24(23)33-25/h4-13,16H,14-15H2,1-3H3. The van der Waals surface area contributed by atoms with Gasteiger partial charge in [-0.1, -0.05) is 55.0 Å². The van der Waals surface area contributed by atoms with E-state index in [0.29, 0.717) is 33.1 Å². The minimum absolute atomic E-state index is 0.130. The van der Waals surface area contributed by atoms with E-state index in [-0.39, 0.29) is 19.1 Å². The number of methoxy groups -OCH3 is 1. The number of benzene rings is 2. The van der Waals surface area contributed by atoms with E-state index < -0.39 is 0 Å². The lowest BCUT2D eigenvalue weighted by Gasteiger charge is -2.20. The summed E-state index contributed by atoms with van der Waals surface area (Å²) < 4.78 is 12.0. The molecule has 4 aromatic rings. The molecule has 0 saturated heterocycles. The molecular weight excluding hydrogens is 458 g/mol. The van der Waals surface area contributed by atoms with E-state index in [1.807, 2.05) is 42.5 Å². The van der Waals surface area contributed by atoms with Crippen LogP contribution in [-0.2, 0) is 11.3 Å². The van der Waals surface area contributed by atoms with Gasteiger partial charge in [-0.15, -0.1) is 0 Å². The van der Waals surface area contributed by atoms with Crippen LogP contribution in [0.25, 0.3) is 10.2 Å². The third kappa shape index (κ3) is 5.26. The number of hydrogen-bond acceptors (Lipinski definition) is 6. The number of fused-ring (bicyclic) bond motifs is 1. The van der Waals surface area contributed by atoms with Gasteiger partial charge in [-0.25, -0.2) is 4.98 Å². The summed E-state index contributed by atoms with van der Waals surface area (Å²) in [6.07, 6.45) is 1.70.